The molecule has 1 aromatic carbocycles. The van der Waals surface area contributed by atoms with E-state index >= 15 is 0 Å². The second-order valence-electron chi connectivity index (χ2n) is 5.70. The predicted octanol–water partition coefficient (Wildman–Crippen LogP) is 2.41. The number of amides is 1. The molecule has 1 heterocycles. The van der Waals surface area contributed by atoms with Crippen LogP contribution in [0.3, 0.4) is 0 Å². The van der Waals surface area contributed by atoms with Crippen LogP contribution in [0.1, 0.15) is 18.1 Å². The smallest absolute Gasteiger partial charge is 0.308 e. The highest BCUT2D eigenvalue weighted by Gasteiger charge is 2.36. The number of carbonyl (C=O) groups excluding carboxylic acids is 1. The zero-order valence-electron chi connectivity index (χ0n) is 12.4. The van der Waals surface area contributed by atoms with Gasteiger partial charge in [0.25, 0.3) is 0 Å². The molecule has 21 heavy (non-hydrogen) atoms. The molecular formula is C16H21NO3S. The Bertz CT molecular complexity index is 515. The zero-order valence-corrected chi connectivity index (χ0v) is 13.2. The number of rotatable bonds is 5. The van der Waals surface area contributed by atoms with E-state index in [1.807, 2.05) is 13.8 Å². The van der Waals surface area contributed by atoms with Gasteiger partial charge >= 0.3 is 5.97 Å². The van der Waals surface area contributed by atoms with Crippen molar-refractivity contribution in [2.24, 2.45) is 11.8 Å². The number of likely N-dealkylation sites (tertiary alicyclic amines) is 1. The standard InChI is InChI=1S/C16H21NO3S/c1-11-3-5-13(6-4-11)9-21-10-15(18)17-7-12(2)14(8-17)16(19)20/h3-6,12,14H,7-10H2,1-2H3,(H,19,20)/t12-,14-/m1/s1. The SMILES string of the molecule is Cc1ccc(CSCC(=O)N2C[C@@H](C)[C@H](C(=O)O)C2)cc1. The molecule has 0 unspecified atom stereocenters. The lowest BCUT2D eigenvalue weighted by atomic mass is 9.99. The molecular weight excluding hydrogens is 286 g/mol. The number of carbonyl (C=O) groups is 2. The Morgan fingerprint density at radius 1 is 1.29 bits per heavy atom. The third-order valence-electron chi connectivity index (χ3n) is 3.90. The number of carboxylic acids is 1. The Kier molecular flexibility index (Phi) is 5.28. The van der Waals surface area contributed by atoms with E-state index in [1.54, 1.807) is 16.7 Å². The normalized spacial score (nSPS) is 21.5. The molecule has 0 saturated carbocycles. The molecule has 2 rings (SSSR count). The van der Waals surface area contributed by atoms with Crippen LogP contribution in [0.15, 0.2) is 24.3 Å². The molecule has 0 aliphatic carbocycles. The van der Waals surface area contributed by atoms with Crippen LogP contribution in [0.25, 0.3) is 0 Å². The fourth-order valence-corrected chi connectivity index (χ4v) is 3.41. The van der Waals surface area contributed by atoms with Gasteiger partial charge in [-0.25, -0.2) is 0 Å². The van der Waals surface area contributed by atoms with Crippen molar-refractivity contribution in [2.45, 2.75) is 19.6 Å². The summed E-state index contributed by atoms with van der Waals surface area (Å²) in [5.41, 5.74) is 2.43. The van der Waals surface area contributed by atoms with Gasteiger partial charge in [-0.2, -0.15) is 0 Å². The summed E-state index contributed by atoms with van der Waals surface area (Å²) in [6, 6.07) is 8.28. The van der Waals surface area contributed by atoms with Crippen LogP contribution < -0.4 is 0 Å². The summed E-state index contributed by atoms with van der Waals surface area (Å²) >= 11 is 1.58. The highest BCUT2D eigenvalue weighted by molar-refractivity contribution is 7.99. The number of hydrogen-bond acceptors (Lipinski definition) is 3. The molecule has 1 N–H and O–H groups in total. The Hall–Kier alpha value is -1.49. The van der Waals surface area contributed by atoms with Gasteiger partial charge in [0.1, 0.15) is 0 Å². The molecule has 1 aliphatic rings. The van der Waals surface area contributed by atoms with Crippen molar-refractivity contribution in [2.75, 3.05) is 18.8 Å². The van der Waals surface area contributed by atoms with Gasteiger partial charge in [-0.15, -0.1) is 11.8 Å². The van der Waals surface area contributed by atoms with E-state index in [4.69, 9.17) is 5.11 Å². The van der Waals surface area contributed by atoms with Crippen LogP contribution in [0.2, 0.25) is 0 Å². The lowest BCUT2D eigenvalue weighted by Crippen LogP contribution is -2.31. The van der Waals surface area contributed by atoms with Gasteiger partial charge in [-0.3, -0.25) is 9.59 Å². The van der Waals surface area contributed by atoms with Crippen molar-refractivity contribution in [1.82, 2.24) is 4.90 Å². The lowest BCUT2D eigenvalue weighted by Gasteiger charge is -2.15. The van der Waals surface area contributed by atoms with Gasteiger partial charge in [-0.1, -0.05) is 36.8 Å². The first kappa shape index (κ1) is 15.9. The third kappa shape index (κ3) is 4.24. The molecule has 1 fully saturated rings. The summed E-state index contributed by atoms with van der Waals surface area (Å²) in [7, 11) is 0. The van der Waals surface area contributed by atoms with Gasteiger partial charge < -0.3 is 10.0 Å². The predicted molar refractivity (Wildman–Crippen MR) is 84.2 cm³/mol. The topological polar surface area (TPSA) is 57.6 Å². The van der Waals surface area contributed by atoms with E-state index in [2.05, 4.69) is 24.3 Å². The minimum absolute atomic E-state index is 0.0357. The Morgan fingerprint density at radius 3 is 2.52 bits per heavy atom. The number of carboxylic acid groups (broad SMARTS) is 1. The summed E-state index contributed by atoms with van der Waals surface area (Å²) in [5, 5.41) is 9.09. The van der Waals surface area contributed by atoms with Gasteiger partial charge in [0.15, 0.2) is 0 Å². The maximum Gasteiger partial charge on any atom is 0.308 e. The minimum atomic E-state index is -0.801. The van der Waals surface area contributed by atoms with E-state index in [0.717, 1.165) is 5.75 Å². The number of aryl methyl sites for hydroxylation is 1. The number of thioether (sulfide) groups is 1. The second kappa shape index (κ2) is 6.98. The fraction of sp³-hybridized carbons (Fsp3) is 0.500. The fourth-order valence-electron chi connectivity index (χ4n) is 2.52. The average Bonchev–Trinajstić information content (AvgIpc) is 2.83. The van der Waals surface area contributed by atoms with Crippen molar-refractivity contribution in [1.29, 1.82) is 0 Å². The van der Waals surface area contributed by atoms with Crippen molar-refractivity contribution in [3.63, 3.8) is 0 Å². The number of aliphatic carboxylic acids is 1. The van der Waals surface area contributed by atoms with Gasteiger partial charge in [0.05, 0.1) is 11.7 Å². The zero-order chi connectivity index (χ0) is 15.4. The first-order valence-electron chi connectivity index (χ1n) is 7.11. The second-order valence-corrected chi connectivity index (χ2v) is 6.68. The highest BCUT2D eigenvalue weighted by Crippen LogP contribution is 2.24. The Balaban J connectivity index is 1.77. The van der Waals surface area contributed by atoms with Gasteiger partial charge in [-0.05, 0) is 18.4 Å². The van der Waals surface area contributed by atoms with E-state index < -0.39 is 11.9 Å². The van der Waals surface area contributed by atoms with E-state index in [1.165, 1.54) is 11.1 Å². The molecule has 114 valence electrons. The average molecular weight is 307 g/mol. The summed E-state index contributed by atoms with van der Waals surface area (Å²) in [5.74, 6) is 0.0717. The van der Waals surface area contributed by atoms with E-state index in [9.17, 15) is 9.59 Å². The van der Waals surface area contributed by atoms with Crippen LogP contribution in [0.5, 0.6) is 0 Å². The van der Waals surface area contributed by atoms with Crippen molar-refractivity contribution < 1.29 is 14.7 Å². The Morgan fingerprint density at radius 2 is 1.95 bits per heavy atom. The first-order chi connectivity index (χ1) is 9.97. The van der Waals surface area contributed by atoms with Crippen LogP contribution in [0, 0.1) is 18.8 Å². The summed E-state index contributed by atoms with van der Waals surface area (Å²) < 4.78 is 0. The van der Waals surface area contributed by atoms with E-state index in [-0.39, 0.29) is 11.8 Å². The molecule has 4 nitrogen and oxygen atoms in total. The van der Waals surface area contributed by atoms with Gasteiger partial charge in [0.2, 0.25) is 5.91 Å². The molecule has 0 bridgehead atoms. The molecule has 5 heteroatoms. The number of hydrogen-bond donors (Lipinski definition) is 1. The van der Waals surface area contributed by atoms with Gasteiger partial charge in [0, 0.05) is 18.8 Å². The van der Waals surface area contributed by atoms with Crippen molar-refractivity contribution >= 4 is 23.6 Å². The maximum atomic E-state index is 12.1. The first-order valence-corrected chi connectivity index (χ1v) is 8.26. The third-order valence-corrected chi connectivity index (χ3v) is 4.89. The molecule has 1 saturated heterocycles. The summed E-state index contributed by atoms with van der Waals surface area (Å²) in [4.78, 5) is 24.9. The van der Waals surface area contributed by atoms with Crippen LogP contribution in [-0.2, 0) is 15.3 Å². The Labute approximate surface area is 129 Å². The number of nitrogens with zero attached hydrogens (tertiary/aromatic N) is 1. The molecule has 1 amide bonds. The molecule has 2 atom stereocenters. The van der Waals surface area contributed by atoms with Crippen molar-refractivity contribution in [3.8, 4) is 0 Å². The number of benzene rings is 1. The molecule has 0 spiro atoms. The summed E-state index contributed by atoms with van der Waals surface area (Å²) in [6.45, 7) is 4.85. The van der Waals surface area contributed by atoms with E-state index in [0.29, 0.717) is 18.8 Å². The van der Waals surface area contributed by atoms with Crippen LogP contribution >= 0.6 is 11.8 Å². The summed E-state index contributed by atoms with van der Waals surface area (Å²) in [6.07, 6.45) is 0. The highest BCUT2D eigenvalue weighted by atomic mass is 32.2. The maximum absolute atomic E-state index is 12.1. The minimum Gasteiger partial charge on any atom is -0.481 e. The molecule has 0 aromatic heterocycles. The van der Waals surface area contributed by atoms with Crippen LogP contribution in [0.4, 0.5) is 0 Å². The monoisotopic (exact) mass is 307 g/mol. The largest absolute Gasteiger partial charge is 0.481 e. The molecule has 1 aliphatic heterocycles. The quantitative estimate of drug-likeness (QED) is 0.907. The van der Waals surface area contributed by atoms with Crippen molar-refractivity contribution in [3.05, 3.63) is 35.4 Å². The molecule has 1 aromatic rings. The van der Waals surface area contributed by atoms with Crippen LogP contribution in [-0.4, -0.2) is 40.7 Å². The lowest BCUT2D eigenvalue weighted by molar-refractivity contribution is -0.142. The molecule has 0 radical (unpaired) electrons.